The van der Waals surface area contributed by atoms with E-state index in [1.54, 1.807) is 0 Å². The molecular weight excluding hydrogens is 200 g/mol. The molecule has 3 atom stereocenters. The molecule has 1 aliphatic heterocycles. The second-order valence-electron chi connectivity index (χ2n) is 5.81. The van der Waals surface area contributed by atoms with Crippen molar-refractivity contribution >= 4 is 0 Å². The zero-order chi connectivity index (χ0) is 10.7. The number of aryl methyl sites for hydroxylation is 1. The van der Waals surface area contributed by atoms with Gasteiger partial charge in [-0.2, -0.15) is 0 Å². The van der Waals surface area contributed by atoms with Gasteiger partial charge in [0, 0.05) is 24.9 Å². The molecular formula is C12H18N4. The van der Waals surface area contributed by atoms with Crippen LogP contribution in [-0.4, -0.2) is 20.8 Å². The number of nitrogens with zero attached hydrogens (tertiary/aromatic N) is 3. The highest BCUT2D eigenvalue weighted by Gasteiger charge is 2.47. The molecule has 3 unspecified atom stereocenters. The summed E-state index contributed by atoms with van der Waals surface area (Å²) < 4.78 is 2.31. The van der Waals surface area contributed by atoms with Crippen LogP contribution in [-0.2, 0) is 13.0 Å². The van der Waals surface area contributed by atoms with Crippen LogP contribution >= 0.6 is 0 Å². The van der Waals surface area contributed by atoms with Crippen LogP contribution in [0, 0.1) is 11.8 Å². The smallest absolute Gasteiger partial charge is 0.136 e. The SMILES string of the molecule is NC1CCc2nnc(C3CC4CC4C3)n2C1. The lowest BCUT2D eigenvalue weighted by Gasteiger charge is -2.22. The number of fused-ring (bicyclic) bond motifs is 2. The average molecular weight is 218 g/mol. The summed E-state index contributed by atoms with van der Waals surface area (Å²) in [7, 11) is 0. The van der Waals surface area contributed by atoms with Gasteiger partial charge in [-0.15, -0.1) is 10.2 Å². The zero-order valence-electron chi connectivity index (χ0n) is 9.47. The molecule has 0 amide bonds. The van der Waals surface area contributed by atoms with Gasteiger partial charge in [0.1, 0.15) is 11.6 Å². The Hall–Kier alpha value is -0.900. The fourth-order valence-corrected chi connectivity index (χ4v) is 3.60. The summed E-state index contributed by atoms with van der Waals surface area (Å²) in [6, 6.07) is 0.304. The van der Waals surface area contributed by atoms with Crippen LogP contribution in [0.4, 0.5) is 0 Å². The monoisotopic (exact) mass is 218 g/mol. The highest BCUT2D eigenvalue weighted by molar-refractivity contribution is 5.12. The van der Waals surface area contributed by atoms with Crippen molar-refractivity contribution in [2.75, 3.05) is 0 Å². The first-order valence-corrected chi connectivity index (χ1v) is 6.49. The molecule has 86 valence electrons. The van der Waals surface area contributed by atoms with Gasteiger partial charge >= 0.3 is 0 Å². The van der Waals surface area contributed by atoms with Crippen molar-refractivity contribution in [3.05, 3.63) is 11.6 Å². The van der Waals surface area contributed by atoms with E-state index in [9.17, 15) is 0 Å². The van der Waals surface area contributed by atoms with Gasteiger partial charge in [-0.1, -0.05) is 0 Å². The van der Waals surface area contributed by atoms with E-state index in [0.29, 0.717) is 12.0 Å². The Kier molecular flexibility index (Phi) is 1.76. The Labute approximate surface area is 95.2 Å². The zero-order valence-corrected chi connectivity index (χ0v) is 9.47. The van der Waals surface area contributed by atoms with E-state index >= 15 is 0 Å². The lowest BCUT2D eigenvalue weighted by Crippen LogP contribution is -2.33. The van der Waals surface area contributed by atoms with Gasteiger partial charge in [-0.25, -0.2) is 0 Å². The molecule has 16 heavy (non-hydrogen) atoms. The molecule has 4 rings (SSSR count). The topological polar surface area (TPSA) is 56.7 Å². The average Bonchev–Trinajstić information content (AvgIpc) is 2.75. The minimum atomic E-state index is 0.304. The molecule has 1 aromatic rings. The summed E-state index contributed by atoms with van der Waals surface area (Å²) >= 11 is 0. The molecule has 0 aromatic carbocycles. The Morgan fingerprint density at radius 1 is 1.12 bits per heavy atom. The molecule has 4 heteroatoms. The third-order valence-electron chi connectivity index (χ3n) is 4.62. The summed E-state index contributed by atoms with van der Waals surface area (Å²) in [6.07, 6.45) is 6.23. The van der Waals surface area contributed by atoms with Crippen LogP contribution in [0.15, 0.2) is 0 Å². The van der Waals surface area contributed by atoms with E-state index in [-0.39, 0.29) is 0 Å². The fraction of sp³-hybridized carbons (Fsp3) is 0.833. The first kappa shape index (κ1) is 9.16. The molecule has 2 N–H and O–H groups in total. The summed E-state index contributed by atoms with van der Waals surface area (Å²) in [6.45, 7) is 0.934. The summed E-state index contributed by atoms with van der Waals surface area (Å²) in [5, 5.41) is 8.76. The second kappa shape index (κ2) is 3.06. The maximum absolute atomic E-state index is 6.04. The lowest BCUT2D eigenvalue weighted by molar-refractivity contribution is 0.428. The van der Waals surface area contributed by atoms with Crippen LogP contribution in [0.5, 0.6) is 0 Å². The Morgan fingerprint density at radius 2 is 1.94 bits per heavy atom. The Morgan fingerprint density at radius 3 is 2.75 bits per heavy atom. The molecule has 0 saturated heterocycles. The van der Waals surface area contributed by atoms with Gasteiger partial charge in [0.05, 0.1) is 0 Å². The minimum Gasteiger partial charge on any atom is -0.326 e. The molecule has 0 spiro atoms. The number of rotatable bonds is 1. The van der Waals surface area contributed by atoms with Gasteiger partial charge in [-0.05, 0) is 37.5 Å². The summed E-state index contributed by atoms with van der Waals surface area (Å²) in [4.78, 5) is 0. The molecule has 2 heterocycles. The van der Waals surface area contributed by atoms with Crippen LogP contribution in [0.25, 0.3) is 0 Å². The largest absolute Gasteiger partial charge is 0.326 e. The maximum Gasteiger partial charge on any atom is 0.136 e. The van der Waals surface area contributed by atoms with E-state index in [1.807, 2.05) is 0 Å². The Bertz CT molecular complexity index is 415. The van der Waals surface area contributed by atoms with Crippen LogP contribution < -0.4 is 5.73 Å². The normalized spacial score (nSPS) is 40.6. The quantitative estimate of drug-likeness (QED) is 0.767. The maximum atomic E-state index is 6.04. The van der Waals surface area contributed by atoms with Gasteiger partial charge in [-0.3, -0.25) is 0 Å². The van der Waals surface area contributed by atoms with E-state index in [1.165, 1.54) is 25.1 Å². The lowest BCUT2D eigenvalue weighted by atomic mass is 10.0. The van der Waals surface area contributed by atoms with Crippen molar-refractivity contribution in [1.29, 1.82) is 0 Å². The first-order chi connectivity index (χ1) is 7.81. The van der Waals surface area contributed by atoms with Crippen molar-refractivity contribution in [2.24, 2.45) is 17.6 Å². The van der Waals surface area contributed by atoms with Gasteiger partial charge in [0.2, 0.25) is 0 Å². The second-order valence-corrected chi connectivity index (χ2v) is 5.81. The number of hydrogen-bond acceptors (Lipinski definition) is 3. The van der Waals surface area contributed by atoms with Crippen LogP contribution in [0.3, 0.4) is 0 Å². The van der Waals surface area contributed by atoms with Crippen molar-refractivity contribution in [3.8, 4) is 0 Å². The van der Waals surface area contributed by atoms with Crippen molar-refractivity contribution in [1.82, 2.24) is 14.8 Å². The van der Waals surface area contributed by atoms with Crippen molar-refractivity contribution in [3.63, 3.8) is 0 Å². The molecule has 2 saturated carbocycles. The van der Waals surface area contributed by atoms with Crippen LogP contribution in [0.1, 0.15) is 43.3 Å². The predicted molar refractivity (Wildman–Crippen MR) is 59.9 cm³/mol. The Balaban J connectivity index is 1.65. The minimum absolute atomic E-state index is 0.304. The third-order valence-corrected chi connectivity index (χ3v) is 4.62. The van der Waals surface area contributed by atoms with E-state index in [4.69, 9.17) is 5.73 Å². The van der Waals surface area contributed by atoms with E-state index < -0.39 is 0 Å². The van der Waals surface area contributed by atoms with E-state index in [2.05, 4.69) is 14.8 Å². The van der Waals surface area contributed by atoms with Crippen molar-refractivity contribution in [2.45, 2.75) is 50.6 Å². The van der Waals surface area contributed by atoms with Gasteiger partial charge in [0.25, 0.3) is 0 Å². The summed E-state index contributed by atoms with van der Waals surface area (Å²) in [5.41, 5.74) is 6.04. The molecule has 3 aliphatic rings. The predicted octanol–water partition coefficient (Wildman–Crippen LogP) is 1.07. The number of nitrogens with two attached hydrogens (primary N) is 1. The van der Waals surface area contributed by atoms with Crippen LogP contribution in [0.2, 0.25) is 0 Å². The van der Waals surface area contributed by atoms with Crippen molar-refractivity contribution < 1.29 is 0 Å². The first-order valence-electron chi connectivity index (χ1n) is 6.49. The number of hydrogen-bond donors (Lipinski definition) is 1. The number of aromatic nitrogens is 3. The van der Waals surface area contributed by atoms with E-state index in [0.717, 1.165) is 37.0 Å². The molecule has 1 aromatic heterocycles. The molecule has 0 bridgehead atoms. The molecule has 2 fully saturated rings. The van der Waals surface area contributed by atoms with Gasteiger partial charge in [0.15, 0.2) is 0 Å². The summed E-state index contributed by atoms with van der Waals surface area (Å²) in [5.74, 6) is 5.09. The third kappa shape index (κ3) is 1.25. The highest BCUT2D eigenvalue weighted by Crippen LogP contribution is 2.57. The highest BCUT2D eigenvalue weighted by atomic mass is 15.3. The fourth-order valence-electron chi connectivity index (χ4n) is 3.60. The molecule has 4 nitrogen and oxygen atoms in total. The van der Waals surface area contributed by atoms with Gasteiger partial charge < -0.3 is 10.3 Å². The molecule has 2 aliphatic carbocycles. The standard InChI is InChI=1S/C12H18N4/c13-10-1-2-11-14-15-12(16(11)6-10)9-4-7-3-8(7)5-9/h7-10H,1-6,13H2. The molecule has 0 radical (unpaired) electrons.